The maximum Gasteiger partial charge on any atom is 0.256 e. The van der Waals surface area contributed by atoms with Crippen LogP contribution in [0.2, 0.25) is 0 Å². The fourth-order valence-electron chi connectivity index (χ4n) is 5.10. The molecule has 0 fully saturated rings. The molecule has 46 heavy (non-hydrogen) atoms. The first-order valence-electron chi connectivity index (χ1n) is 15.6. The monoisotopic (exact) mass is 626 g/mol. The number of nitrogens with zero attached hydrogens (tertiary/aromatic N) is 4. The number of hydrogen-bond donors (Lipinski definition) is 2. The summed E-state index contributed by atoms with van der Waals surface area (Å²) >= 11 is 0. The van der Waals surface area contributed by atoms with E-state index in [1.165, 1.54) is 12.1 Å². The van der Waals surface area contributed by atoms with Gasteiger partial charge in [0.05, 0.1) is 5.69 Å². The van der Waals surface area contributed by atoms with Gasteiger partial charge >= 0.3 is 0 Å². The lowest BCUT2D eigenvalue weighted by Gasteiger charge is -2.18. The van der Waals surface area contributed by atoms with Gasteiger partial charge in [0.25, 0.3) is 11.5 Å². The maximum absolute atomic E-state index is 15.0. The van der Waals surface area contributed by atoms with Gasteiger partial charge < -0.3 is 15.5 Å². The van der Waals surface area contributed by atoms with E-state index in [9.17, 15) is 9.59 Å². The Balaban J connectivity index is 0.00000235. The molecule has 0 saturated carbocycles. The molecule has 0 spiro atoms. The number of aryl methyl sites for hydroxylation is 1. The number of rotatable bonds is 11. The van der Waals surface area contributed by atoms with Crippen molar-refractivity contribution in [3.63, 3.8) is 0 Å². The summed E-state index contributed by atoms with van der Waals surface area (Å²) in [6.45, 7) is 13.4. The Hall–Kier alpha value is -4.96. The van der Waals surface area contributed by atoms with Crippen LogP contribution < -0.4 is 16.2 Å². The molecule has 0 saturated heterocycles. The number of halogens is 2. The molecule has 8 nitrogen and oxygen atoms in total. The molecular weight excluding hydrogens is 586 g/mol. The zero-order chi connectivity index (χ0) is 33.2. The van der Waals surface area contributed by atoms with E-state index in [-0.39, 0.29) is 17.5 Å². The number of amides is 1. The molecule has 0 aliphatic carbocycles. The highest BCUT2D eigenvalue weighted by Crippen LogP contribution is 2.32. The van der Waals surface area contributed by atoms with Gasteiger partial charge in [-0.05, 0) is 81.0 Å². The lowest BCUT2D eigenvalue weighted by Crippen LogP contribution is -2.25. The number of pyridine rings is 1. The highest BCUT2D eigenvalue weighted by molar-refractivity contribution is 6.05. The highest BCUT2D eigenvalue weighted by Gasteiger charge is 2.21. The van der Waals surface area contributed by atoms with Crippen LogP contribution in [0.15, 0.2) is 83.7 Å². The molecule has 2 N–H and O–H groups in total. The van der Waals surface area contributed by atoms with E-state index < -0.39 is 22.9 Å². The van der Waals surface area contributed by atoms with E-state index in [0.29, 0.717) is 34.4 Å². The van der Waals surface area contributed by atoms with Crippen molar-refractivity contribution in [2.45, 2.75) is 41.0 Å². The van der Waals surface area contributed by atoms with Crippen LogP contribution in [0.3, 0.4) is 0 Å². The Labute approximate surface area is 268 Å². The number of para-hydroxylation sites is 2. The molecule has 3 aromatic carbocycles. The Morgan fingerprint density at radius 3 is 2.26 bits per heavy atom. The molecule has 5 rings (SSSR count). The average Bonchev–Trinajstić information content (AvgIpc) is 3.07. The van der Waals surface area contributed by atoms with Gasteiger partial charge in [-0.15, -0.1) is 0 Å². The van der Waals surface area contributed by atoms with Gasteiger partial charge in [0.15, 0.2) is 5.65 Å². The predicted molar refractivity (Wildman–Crippen MR) is 182 cm³/mol. The molecule has 1 amide bonds. The molecule has 0 radical (unpaired) electrons. The minimum absolute atomic E-state index is 0.0382. The van der Waals surface area contributed by atoms with E-state index in [1.54, 1.807) is 30.3 Å². The SMILES string of the molecule is CC.CCN(CC)CCCNc1nc(-c2cc(C(=O)Nc3ccccc3)ccc2C)c2ccc(=O)n(-c3c(F)cccc3F)c2n1. The van der Waals surface area contributed by atoms with E-state index in [0.717, 1.165) is 48.3 Å². The minimum atomic E-state index is -0.899. The second kappa shape index (κ2) is 15.9. The Morgan fingerprint density at radius 2 is 1.59 bits per heavy atom. The van der Waals surface area contributed by atoms with Crippen molar-refractivity contribution >= 4 is 28.6 Å². The van der Waals surface area contributed by atoms with Crippen LogP contribution in [-0.4, -0.2) is 51.5 Å². The number of aromatic nitrogens is 3. The smallest absolute Gasteiger partial charge is 0.256 e. The highest BCUT2D eigenvalue weighted by atomic mass is 19.1. The maximum atomic E-state index is 15.0. The largest absolute Gasteiger partial charge is 0.354 e. The molecule has 240 valence electrons. The van der Waals surface area contributed by atoms with Crippen LogP contribution >= 0.6 is 0 Å². The molecule has 10 heteroatoms. The summed E-state index contributed by atoms with van der Waals surface area (Å²) in [5.41, 5.74) is 1.75. The van der Waals surface area contributed by atoms with Crippen LogP contribution in [0.4, 0.5) is 20.4 Å². The first-order valence-corrected chi connectivity index (χ1v) is 15.6. The number of fused-ring (bicyclic) bond motifs is 1. The molecule has 5 aromatic rings. The minimum Gasteiger partial charge on any atom is -0.354 e. The lowest BCUT2D eigenvalue weighted by molar-refractivity contribution is 0.102. The van der Waals surface area contributed by atoms with Crippen molar-refractivity contribution in [3.05, 3.63) is 112 Å². The molecule has 2 heterocycles. The Kier molecular flexibility index (Phi) is 11.7. The van der Waals surface area contributed by atoms with E-state index in [4.69, 9.17) is 4.98 Å². The van der Waals surface area contributed by atoms with Gasteiger partial charge in [0.1, 0.15) is 17.3 Å². The van der Waals surface area contributed by atoms with Crippen molar-refractivity contribution in [1.82, 2.24) is 19.4 Å². The topological polar surface area (TPSA) is 92.2 Å². The normalized spacial score (nSPS) is 10.9. The van der Waals surface area contributed by atoms with Crippen molar-refractivity contribution in [1.29, 1.82) is 0 Å². The van der Waals surface area contributed by atoms with Gasteiger partial charge in [-0.2, -0.15) is 4.98 Å². The summed E-state index contributed by atoms with van der Waals surface area (Å²) < 4.78 is 31.0. The van der Waals surface area contributed by atoms with Crippen molar-refractivity contribution in [2.24, 2.45) is 0 Å². The molecule has 0 aliphatic rings. The van der Waals surface area contributed by atoms with Gasteiger partial charge in [-0.3, -0.25) is 14.2 Å². The third kappa shape index (κ3) is 7.63. The molecular formula is C36H40F2N6O2. The van der Waals surface area contributed by atoms with Gasteiger partial charge in [0, 0.05) is 34.8 Å². The number of nitrogens with one attached hydrogen (secondary N) is 2. The summed E-state index contributed by atoms with van der Waals surface area (Å²) in [6.07, 6.45) is 0.802. The summed E-state index contributed by atoms with van der Waals surface area (Å²) in [5, 5.41) is 6.52. The molecule has 0 aliphatic heterocycles. The van der Waals surface area contributed by atoms with Crippen LogP contribution in [0, 0.1) is 18.6 Å². The van der Waals surface area contributed by atoms with Crippen LogP contribution in [0.5, 0.6) is 0 Å². The number of benzene rings is 3. The van der Waals surface area contributed by atoms with E-state index in [2.05, 4.69) is 34.4 Å². The second-order valence-corrected chi connectivity index (χ2v) is 10.4. The fourth-order valence-corrected chi connectivity index (χ4v) is 5.10. The van der Waals surface area contributed by atoms with Crippen molar-refractivity contribution < 1.29 is 13.6 Å². The fraction of sp³-hybridized carbons (Fsp3) is 0.278. The Morgan fingerprint density at radius 1 is 0.891 bits per heavy atom. The molecule has 0 atom stereocenters. The standard InChI is InChI=1S/C34H34F2N6O2.C2H6/c1-4-41(5-2)20-10-19-37-34-39-30(26-21-23(16-15-22(26)3)33(44)38-24-11-7-6-8-12-24)25-17-18-29(43)42(32(25)40-34)31-27(35)13-9-14-28(31)36;1-2/h6-9,11-18,21H,4-5,10,19-20H2,1-3H3,(H,38,44)(H,37,39,40);1-2H3. The molecule has 0 bridgehead atoms. The summed E-state index contributed by atoms with van der Waals surface area (Å²) in [4.78, 5) is 38.1. The number of carbonyl (C=O) groups is 1. The third-order valence-corrected chi connectivity index (χ3v) is 7.53. The molecule has 0 unspecified atom stereocenters. The van der Waals surface area contributed by atoms with Crippen LogP contribution in [0.25, 0.3) is 28.0 Å². The van der Waals surface area contributed by atoms with E-state index in [1.807, 2.05) is 45.0 Å². The van der Waals surface area contributed by atoms with Gasteiger partial charge in [0.2, 0.25) is 5.95 Å². The first-order chi connectivity index (χ1) is 22.3. The third-order valence-electron chi connectivity index (χ3n) is 7.53. The van der Waals surface area contributed by atoms with Crippen molar-refractivity contribution in [2.75, 3.05) is 36.8 Å². The van der Waals surface area contributed by atoms with E-state index >= 15 is 8.78 Å². The second-order valence-electron chi connectivity index (χ2n) is 10.4. The Bertz CT molecular complexity index is 1840. The summed E-state index contributed by atoms with van der Waals surface area (Å²) in [5.74, 6) is -1.91. The molecule has 2 aromatic heterocycles. The van der Waals surface area contributed by atoms with Crippen LogP contribution in [0.1, 0.15) is 50.0 Å². The lowest BCUT2D eigenvalue weighted by atomic mass is 9.99. The van der Waals surface area contributed by atoms with Gasteiger partial charge in [-0.25, -0.2) is 13.8 Å². The number of carbonyl (C=O) groups excluding carboxylic acids is 1. The van der Waals surface area contributed by atoms with Crippen LogP contribution in [-0.2, 0) is 0 Å². The summed E-state index contributed by atoms with van der Waals surface area (Å²) in [7, 11) is 0. The quantitative estimate of drug-likeness (QED) is 0.148. The summed E-state index contributed by atoms with van der Waals surface area (Å²) in [6, 6.07) is 20.6. The van der Waals surface area contributed by atoms with Gasteiger partial charge in [-0.1, -0.05) is 58.0 Å². The van der Waals surface area contributed by atoms with Crippen molar-refractivity contribution in [3.8, 4) is 16.9 Å². The zero-order valence-corrected chi connectivity index (χ0v) is 26.9. The predicted octanol–water partition coefficient (Wildman–Crippen LogP) is 7.46. The zero-order valence-electron chi connectivity index (χ0n) is 26.9. The first kappa shape index (κ1) is 33.9. The average molecular weight is 627 g/mol. The number of hydrogen-bond acceptors (Lipinski definition) is 6. The number of anilines is 2.